The minimum atomic E-state index is -4.56. The Hall–Kier alpha value is -1.06. The highest BCUT2D eigenvalue weighted by Gasteiger charge is 2.63. The van der Waals surface area contributed by atoms with Crippen LogP contribution in [0.25, 0.3) is 0 Å². The lowest BCUT2D eigenvalue weighted by Gasteiger charge is -2.34. The number of hydrogen-bond donors (Lipinski definition) is 8. The Balaban J connectivity index is 0.00000132. The van der Waals surface area contributed by atoms with Crippen molar-refractivity contribution >= 4 is 26.5 Å². The maximum atomic E-state index is 12.1. The summed E-state index contributed by atoms with van der Waals surface area (Å²) in [5.41, 5.74) is 1.67. The summed E-state index contributed by atoms with van der Waals surface area (Å²) < 4.78 is 6.04. The lowest BCUT2D eigenvalue weighted by atomic mass is 9.75. The second kappa shape index (κ2) is 16.2. The lowest BCUT2D eigenvalue weighted by Crippen LogP contribution is -2.37. The standard InChI is InChI=1S/C36H62O5P2.C5H12O4/c1-31(2,3)23-19-25(33(7,8)9)29(26(20-23)34(10,11)12)42(37,38)41-43(39,40)30-27(35(13,14)15)21-24(32(4,5)6)22-28(30)36(16,17)18;6-1-5(2-7,3-8)4-9/h19-22,37-40H,1-18H3;6-9H,1-4H2/q+2;. The van der Waals surface area contributed by atoms with Gasteiger partial charge in [-0.05, 0) is 43.6 Å². The van der Waals surface area contributed by atoms with Crippen LogP contribution in [-0.2, 0) is 36.8 Å². The van der Waals surface area contributed by atoms with Crippen molar-refractivity contribution in [2.75, 3.05) is 26.4 Å². The second-order valence-corrected chi connectivity index (χ2v) is 24.4. The molecule has 0 unspecified atom stereocenters. The van der Waals surface area contributed by atoms with E-state index in [1.54, 1.807) is 0 Å². The van der Waals surface area contributed by atoms with Gasteiger partial charge >= 0.3 is 15.9 Å². The molecule has 0 radical (unpaired) electrons. The summed E-state index contributed by atoms with van der Waals surface area (Å²) >= 11 is 0. The average Bonchev–Trinajstić information content (AvgIpc) is 2.94. The van der Waals surface area contributed by atoms with Gasteiger partial charge < -0.3 is 20.4 Å². The highest BCUT2D eigenvalue weighted by molar-refractivity contribution is 7.80. The van der Waals surface area contributed by atoms with Crippen LogP contribution in [0.2, 0.25) is 0 Å². The van der Waals surface area contributed by atoms with E-state index in [4.69, 9.17) is 24.7 Å². The number of benzene rings is 2. The van der Waals surface area contributed by atoms with E-state index in [9.17, 15) is 19.6 Å². The van der Waals surface area contributed by atoms with Gasteiger partial charge in [-0.1, -0.05) is 149 Å². The SMILES string of the molecule is CC(C)(C)c1cc(C(C)(C)C)c([P+](O)(O)O[P+](O)(O)c2c(C(C)(C)C)cc(C(C)(C)C)cc2C(C)(C)C)c(C(C)(C)C)c1.OCC(CO)(CO)CO. The van der Waals surface area contributed by atoms with Crippen LogP contribution in [-0.4, -0.2) is 66.4 Å². The van der Waals surface area contributed by atoms with Gasteiger partial charge in [0.05, 0.1) is 31.8 Å². The number of rotatable bonds is 8. The molecule has 300 valence electrons. The Bertz CT molecular complexity index is 1310. The Morgan fingerprint density at radius 3 is 0.692 bits per heavy atom. The smallest absolute Gasteiger partial charge is 0.396 e. The van der Waals surface area contributed by atoms with Crippen LogP contribution in [0, 0.1) is 5.41 Å². The monoisotopic (exact) mass is 772 g/mol. The summed E-state index contributed by atoms with van der Waals surface area (Å²) in [6, 6.07) is 8.12. The zero-order chi connectivity index (χ0) is 41.5. The summed E-state index contributed by atoms with van der Waals surface area (Å²) in [4.78, 5) is 48.4. The molecule has 11 heteroatoms. The van der Waals surface area contributed by atoms with Gasteiger partial charge in [0, 0.05) is 26.6 Å². The van der Waals surface area contributed by atoms with Gasteiger partial charge in [-0.2, -0.15) is 19.6 Å². The number of hydrogen-bond acceptors (Lipinski definition) is 9. The van der Waals surface area contributed by atoms with Crippen molar-refractivity contribution in [3.63, 3.8) is 0 Å². The third-order valence-electron chi connectivity index (χ3n) is 9.34. The first-order chi connectivity index (χ1) is 22.9. The van der Waals surface area contributed by atoms with Crippen molar-refractivity contribution in [3.05, 3.63) is 57.6 Å². The largest absolute Gasteiger partial charge is 0.497 e. The van der Waals surface area contributed by atoms with Crippen LogP contribution in [0.4, 0.5) is 0 Å². The fraction of sp³-hybridized carbons (Fsp3) is 0.707. The Morgan fingerprint density at radius 2 is 0.577 bits per heavy atom. The van der Waals surface area contributed by atoms with Crippen LogP contribution in [0.5, 0.6) is 0 Å². The van der Waals surface area contributed by atoms with Crippen LogP contribution in [0.3, 0.4) is 0 Å². The molecule has 0 aliphatic heterocycles. The minimum Gasteiger partial charge on any atom is -0.396 e. The van der Waals surface area contributed by atoms with Crippen LogP contribution in [0.15, 0.2) is 24.3 Å². The van der Waals surface area contributed by atoms with E-state index in [1.165, 1.54) is 0 Å². The molecule has 9 nitrogen and oxygen atoms in total. The molecule has 0 aliphatic carbocycles. The topological polar surface area (TPSA) is 171 Å². The first kappa shape index (κ1) is 49.0. The van der Waals surface area contributed by atoms with E-state index in [0.717, 1.165) is 33.4 Å². The van der Waals surface area contributed by atoms with E-state index in [2.05, 4.69) is 41.5 Å². The molecular weight excluding hydrogens is 698 g/mol. The van der Waals surface area contributed by atoms with Gasteiger partial charge in [-0.3, -0.25) is 0 Å². The molecule has 0 amide bonds. The molecule has 0 saturated heterocycles. The molecule has 0 spiro atoms. The summed E-state index contributed by atoms with van der Waals surface area (Å²) in [6.45, 7) is 35.6. The van der Waals surface area contributed by atoms with Crippen molar-refractivity contribution in [3.8, 4) is 0 Å². The van der Waals surface area contributed by atoms with Crippen molar-refractivity contribution in [2.24, 2.45) is 5.41 Å². The van der Waals surface area contributed by atoms with E-state index in [0.29, 0.717) is 0 Å². The Kier molecular flexibility index (Phi) is 15.2. The van der Waals surface area contributed by atoms with Gasteiger partial charge in [-0.25, -0.2) is 0 Å². The first-order valence-electron chi connectivity index (χ1n) is 18.1. The molecule has 2 rings (SSSR count). The number of aliphatic hydroxyl groups excluding tert-OH is 4. The zero-order valence-electron chi connectivity index (χ0n) is 35.5. The quantitative estimate of drug-likeness (QED) is 0.133. The maximum Gasteiger partial charge on any atom is 0.497 e. The predicted molar refractivity (Wildman–Crippen MR) is 219 cm³/mol. The molecule has 8 N–H and O–H groups in total. The molecule has 0 fully saturated rings. The summed E-state index contributed by atoms with van der Waals surface area (Å²) in [7, 11) is -9.12. The Morgan fingerprint density at radius 1 is 0.385 bits per heavy atom. The molecule has 0 heterocycles. The van der Waals surface area contributed by atoms with Crippen molar-refractivity contribution < 1.29 is 44.3 Å². The molecule has 0 aliphatic rings. The van der Waals surface area contributed by atoms with E-state index in [-0.39, 0.29) is 21.4 Å². The summed E-state index contributed by atoms with van der Waals surface area (Å²) in [6.07, 6.45) is 0. The molecule has 2 aromatic rings. The van der Waals surface area contributed by atoms with E-state index < -0.39 is 69.4 Å². The van der Waals surface area contributed by atoms with E-state index >= 15 is 0 Å². The van der Waals surface area contributed by atoms with Crippen LogP contribution >= 0.6 is 15.9 Å². The average molecular weight is 773 g/mol. The van der Waals surface area contributed by atoms with Gasteiger partial charge in [0.15, 0.2) is 10.6 Å². The molecule has 2 aromatic carbocycles. The normalized spacial score (nSPS) is 14.3. The molecule has 0 atom stereocenters. The molecule has 52 heavy (non-hydrogen) atoms. The Labute approximate surface area is 316 Å². The van der Waals surface area contributed by atoms with Crippen LogP contribution in [0.1, 0.15) is 158 Å². The fourth-order valence-corrected chi connectivity index (χ4v) is 10.4. The van der Waals surface area contributed by atoms with Gasteiger partial charge in [-0.15, -0.1) is 0 Å². The number of aliphatic hydroxyl groups is 4. The van der Waals surface area contributed by atoms with Crippen molar-refractivity contribution in [2.45, 2.75) is 157 Å². The minimum absolute atomic E-state index is 0.186. The lowest BCUT2D eigenvalue weighted by molar-refractivity contribution is -0.0328. The van der Waals surface area contributed by atoms with Crippen molar-refractivity contribution in [1.82, 2.24) is 0 Å². The molecule has 0 bridgehead atoms. The van der Waals surface area contributed by atoms with Gasteiger partial charge in [0.2, 0.25) is 0 Å². The zero-order valence-corrected chi connectivity index (χ0v) is 37.3. The maximum absolute atomic E-state index is 12.1. The van der Waals surface area contributed by atoms with Gasteiger partial charge in [0.25, 0.3) is 0 Å². The third kappa shape index (κ3) is 12.0. The summed E-state index contributed by atoms with van der Waals surface area (Å²) in [5.74, 6) is 0. The highest BCUT2D eigenvalue weighted by atomic mass is 31.3. The molecule has 0 aromatic heterocycles. The highest BCUT2D eigenvalue weighted by Crippen LogP contribution is 2.70. The van der Waals surface area contributed by atoms with E-state index in [1.807, 2.05) is 107 Å². The fourth-order valence-electron chi connectivity index (χ4n) is 5.59. The van der Waals surface area contributed by atoms with Gasteiger partial charge in [0.1, 0.15) is 0 Å². The predicted octanol–water partition coefficient (Wildman–Crippen LogP) is 6.88. The summed E-state index contributed by atoms with van der Waals surface area (Å²) in [5, 5.41) is 34.5. The first-order valence-corrected chi connectivity index (χ1v) is 21.3. The van der Waals surface area contributed by atoms with Crippen LogP contribution < -0.4 is 10.6 Å². The second-order valence-electron chi connectivity index (χ2n) is 20.6. The third-order valence-corrected chi connectivity index (χ3v) is 13.3. The molecular formula is C41H74O9P2+2. The van der Waals surface area contributed by atoms with Crippen molar-refractivity contribution in [1.29, 1.82) is 0 Å². The molecule has 0 saturated carbocycles.